The van der Waals surface area contributed by atoms with Crippen LogP contribution in [0.1, 0.15) is 65.4 Å². The number of nitrogens with zero attached hydrogens (tertiary/aromatic N) is 2. The van der Waals surface area contributed by atoms with E-state index in [0.29, 0.717) is 18.7 Å². The van der Waals surface area contributed by atoms with Gasteiger partial charge >= 0.3 is 0 Å². The highest BCUT2D eigenvalue weighted by Crippen LogP contribution is 2.25. The van der Waals surface area contributed by atoms with Gasteiger partial charge in [0.05, 0.1) is 6.54 Å². The third-order valence-corrected chi connectivity index (χ3v) is 7.55. The van der Waals surface area contributed by atoms with Gasteiger partial charge in [-0.2, -0.15) is 0 Å². The smallest absolute Gasteiger partial charge is 0.254 e. The van der Waals surface area contributed by atoms with E-state index in [1.54, 1.807) is 11.3 Å². The summed E-state index contributed by atoms with van der Waals surface area (Å²) < 4.78 is 0. The first-order valence-corrected chi connectivity index (χ1v) is 13.3. The zero-order valence-electron chi connectivity index (χ0n) is 20.0. The molecule has 34 heavy (non-hydrogen) atoms. The maximum absolute atomic E-state index is 13.7. The number of hydrogen-bond acceptors (Lipinski definition) is 3. The molecule has 4 nitrogen and oxygen atoms in total. The molecule has 1 heterocycles. The Hall–Kier alpha value is -2.92. The highest BCUT2D eigenvalue weighted by Gasteiger charge is 2.30. The Balaban J connectivity index is 1.56. The van der Waals surface area contributed by atoms with Gasteiger partial charge in [0.25, 0.3) is 5.91 Å². The summed E-state index contributed by atoms with van der Waals surface area (Å²) >= 11 is 1.66. The van der Waals surface area contributed by atoms with Crippen LogP contribution >= 0.6 is 11.3 Å². The molecular weight excluding hydrogens is 440 g/mol. The van der Waals surface area contributed by atoms with E-state index < -0.39 is 0 Å². The molecule has 0 aliphatic heterocycles. The molecule has 3 aromatic rings. The second kappa shape index (κ2) is 12.0. The van der Waals surface area contributed by atoms with Crippen molar-refractivity contribution in [3.63, 3.8) is 0 Å². The lowest BCUT2D eigenvalue weighted by molar-refractivity contribution is -0.133. The van der Waals surface area contributed by atoms with E-state index >= 15 is 0 Å². The van der Waals surface area contributed by atoms with Crippen LogP contribution in [0.4, 0.5) is 0 Å². The number of rotatable bonds is 9. The van der Waals surface area contributed by atoms with E-state index in [-0.39, 0.29) is 24.4 Å². The normalized spacial score (nSPS) is 14.0. The maximum Gasteiger partial charge on any atom is 0.254 e. The number of carbonyl (C=O) groups is 2. The Kier molecular flexibility index (Phi) is 8.53. The van der Waals surface area contributed by atoms with Crippen LogP contribution in [0, 0.1) is 0 Å². The predicted molar refractivity (Wildman–Crippen MR) is 139 cm³/mol. The third-order valence-electron chi connectivity index (χ3n) is 6.69. The number of benzene rings is 2. The molecule has 2 amide bonds. The molecule has 4 rings (SSSR count). The fraction of sp³-hybridized carbons (Fsp3) is 0.379. The third kappa shape index (κ3) is 6.35. The molecule has 178 valence electrons. The minimum Gasteiger partial charge on any atom is -0.332 e. The van der Waals surface area contributed by atoms with E-state index in [4.69, 9.17) is 0 Å². The minimum absolute atomic E-state index is 0.00125. The average molecular weight is 475 g/mol. The molecule has 1 aliphatic carbocycles. The zero-order chi connectivity index (χ0) is 23.8. The van der Waals surface area contributed by atoms with Crippen molar-refractivity contribution in [3.8, 4) is 0 Å². The van der Waals surface area contributed by atoms with Crippen molar-refractivity contribution in [2.75, 3.05) is 6.54 Å². The second-order valence-electron chi connectivity index (χ2n) is 9.09. The fourth-order valence-corrected chi connectivity index (χ4v) is 5.40. The van der Waals surface area contributed by atoms with E-state index in [2.05, 4.69) is 13.0 Å². The summed E-state index contributed by atoms with van der Waals surface area (Å²) in [5, 5.41) is 2.04. The van der Waals surface area contributed by atoms with Gasteiger partial charge in [0.15, 0.2) is 0 Å². The SMILES string of the molecule is CCc1ccc(C(=O)N(CC(=O)N(Cc2ccccc2)Cc2cccs2)C2CCCCC2)cc1. The van der Waals surface area contributed by atoms with Crippen LogP contribution in [0.3, 0.4) is 0 Å². The van der Waals surface area contributed by atoms with Gasteiger partial charge in [-0.05, 0) is 54.0 Å². The van der Waals surface area contributed by atoms with Gasteiger partial charge in [-0.3, -0.25) is 9.59 Å². The summed E-state index contributed by atoms with van der Waals surface area (Å²) in [6.07, 6.45) is 6.30. The molecule has 0 bridgehead atoms. The van der Waals surface area contributed by atoms with Gasteiger partial charge in [0.2, 0.25) is 5.91 Å². The van der Waals surface area contributed by atoms with Gasteiger partial charge in [-0.15, -0.1) is 11.3 Å². The van der Waals surface area contributed by atoms with Crippen LogP contribution in [0.15, 0.2) is 72.1 Å². The summed E-state index contributed by atoms with van der Waals surface area (Å²) in [6.45, 7) is 3.33. The first kappa shape index (κ1) is 24.2. The molecular formula is C29H34N2O2S. The summed E-state index contributed by atoms with van der Waals surface area (Å²) in [6, 6.07) is 22.2. The van der Waals surface area contributed by atoms with Gasteiger partial charge in [0.1, 0.15) is 6.54 Å². The Morgan fingerprint density at radius 1 is 0.853 bits per heavy atom. The van der Waals surface area contributed by atoms with Gasteiger partial charge in [-0.25, -0.2) is 0 Å². The summed E-state index contributed by atoms with van der Waals surface area (Å²) in [7, 11) is 0. The van der Waals surface area contributed by atoms with Crippen LogP contribution in [-0.4, -0.2) is 34.2 Å². The molecule has 1 saturated carbocycles. The van der Waals surface area contributed by atoms with Crippen LogP contribution in [0.2, 0.25) is 0 Å². The molecule has 0 atom stereocenters. The van der Waals surface area contributed by atoms with Crippen LogP contribution in [0.25, 0.3) is 0 Å². The fourth-order valence-electron chi connectivity index (χ4n) is 4.68. The molecule has 2 aromatic carbocycles. The lowest BCUT2D eigenvalue weighted by Gasteiger charge is -2.35. The molecule has 0 spiro atoms. The number of amides is 2. The number of aryl methyl sites for hydroxylation is 1. The largest absolute Gasteiger partial charge is 0.332 e. The molecule has 1 aromatic heterocycles. The van der Waals surface area contributed by atoms with Crippen molar-refractivity contribution < 1.29 is 9.59 Å². The number of hydrogen-bond donors (Lipinski definition) is 0. The Bertz CT molecular complexity index is 1040. The number of thiophene rings is 1. The topological polar surface area (TPSA) is 40.6 Å². The lowest BCUT2D eigenvalue weighted by atomic mass is 9.93. The van der Waals surface area contributed by atoms with Crippen molar-refractivity contribution in [1.82, 2.24) is 9.80 Å². The maximum atomic E-state index is 13.7. The van der Waals surface area contributed by atoms with Gasteiger partial charge < -0.3 is 9.80 Å². The molecule has 0 N–H and O–H groups in total. The van der Waals surface area contributed by atoms with Gasteiger partial charge in [-0.1, -0.05) is 74.7 Å². The van der Waals surface area contributed by atoms with Crippen molar-refractivity contribution in [2.45, 2.75) is 64.6 Å². The van der Waals surface area contributed by atoms with Crippen molar-refractivity contribution in [1.29, 1.82) is 0 Å². The van der Waals surface area contributed by atoms with E-state index in [9.17, 15) is 9.59 Å². The summed E-state index contributed by atoms with van der Waals surface area (Å²) in [5.74, 6) is -0.0277. The highest BCUT2D eigenvalue weighted by atomic mass is 32.1. The standard InChI is InChI=1S/C29H34N2O2S/c1-2-23-15-17-25(18-16-23)29(33)31(26-12-7-4-8-13-26)22-28(32)30(21-27-14-9-19-34-27)20-24-10-5-3-6-11-24/h3,5-6,9-11,14-19,26H,2,4,7-8,12-13,20-22H2,1H3. The summed E-state index contributed by atoms with van der Waals surface area (Å²) in [4.78, 5) is 32.2. The molecule has 0 saturated heterocycles. The summed E-state index contributed by atoms with van der Waals surface area (Å²) in [5.41, 5.74) is 2.98. The van der Waals surface area contributed by atoms with E-state index in [0.717, 1.165) is 42.5 Å². The van der Waals surface area contributed by atoms with Crippen molar-refractivity contribution in [3.05, 3.63) is 93.7 Å². The highest BCUT2D eigenvalue weighted by molar-refractivity contribution is 7.09. The quantitative estimate of drug-likeness (QED) is 0.364. The Labute approximate surface area is 207 Å². The average Bonchev–Trinajstić information content (AvgIpc) is 3.41. The monoisotopic (exact) mass is 474 g/mol. The van der Waals surface area contributed by atoms with Crippen LogP contribution in [0.5, 0.6) is 0 Å². The molecule has 1 fully saturated rings. The van der Waals surface area contributed by atoms with Crippen molar-refractivity contribution in [2.24, 2.45) is 0 Å². The van der Waals surface area contributed by atoms with E-state index in [1.165, 1.54) is 12.0 Å². The van der Waals surface area contributed by atoms with Crippen molar-refractivity contribution >= 4 is 23.2 Å². The van der Waals surface area contributed by atoms with Gasteiger partial charge in [0, 0.05) is 23.0 Å². The first-order chi connectivity index (χ1) is 16.6. The second-order valence-corrected chi connectivity index (χ2v) is 10.1. The zero-order valence-corrected chi connectivity index (χ0v) is 20.8. The molecule has 5 heteroatoms. The molecule has 1 aliphatic rings. The Morgan fingerprint density at radius 2 is 1.59 bits per heavy atom. The number of carbonyl (C=O) groups excluding carboxylic acids is 2. The minimum atomic E-state index is -0.0290. The van der Waals surface area contributed by atoms with Crippen LogP contribution in [-0.2, 0) is 24.3 Å². The first-order valence-electron chi connectivity index (χ1n) is 12.4. The van der Waals surface area contributed by atoms with Crippen LogP contribution < -0.4 is 0 Å². The predicted octanol–water partition coefficient (Wildman–Crippen LogP) is 6.31. The lowest BCUT2D eigenvalue weighted by Crippen LogP contribution is -2.48. The Morgan fingerprint density at radius 3 is 2.24 bits per heavy atom. The van der Waals surface area contributed by atoms with E-state index in [1.807, 2.05) is 75.8 Å². The molecule has 0 unspecified atom stereocenters. The molecule has 0 radical (unpaired) electrons.